The van der Waals surface area contributed by atoms with Crippen LogP contribution in [0.3, 0.4) is 0 Å². The van der Waals surface area contributed by atoms with Gasteiger partial charge in [0.25, 0.3) is 0 Å². The molecule has 0 saturated heterocycles. The van der Waals surface area contributed by atoms with E-state index < -0.39 is 0 Å². The maximum absolute atomic E-state index is 5.02. The maximum Gasteiger partial charge on any atom is 0.0479 e. The molecule has 0 aliphatic carbocycles. The van der Waals surface area contributed by atoms with Crippen molar-refractivity contribution in [3.8, 4) is 0 Å². The highest BCUT2D eigenvalue weighted by molar-refractivity contribution is 5.09. The van der Waals surface area contributed by atoms with Crippen LogP contribution in [-0.2, 0) is 17.8 Å². The molecule has 0 aromatic carbocycles. The Hall–Kier alpha value is -0.800. The van der Waals surface area contributed by atoms with E-state index in [0.29, 0.717) is 0 Å². The molecule has 3 heteroatoms. The first-order valence-electron chi connectivity index (χ1n) is 5.71. The molecule has 0 amide bonds. The summed E-state index contributed by atoms with van der Waals surface area (Å²) < 4.78 is 7.25. The van der Waals surface area contributed by atoms with E-state index in [4.69, 9.17) is 4.74 Å². The van der Waals surface area contributed by atoms with Gasteiger partial charge in [0.05, 0.1) is 0 Å². The molecule has 3 nitrogen and oxygen atoms in total. The first-order valence-corrected chi connectivity index (χ1v) is 5.71. The summed E-state index contributed by atoms with van der Waals surface area (Å²) in [7, 11) is 1.75. The summed E-state index contributed by atoms with van der Waals surface area (Å²) >= 11 is 0. The SMILES string of the molecule is CCCNCc1ccn(CCCOC)c1. The average Bonchev–Trinajstić information content (AvgIpc) is 2.67. The topological polar surface area (TPSA) is 26.2 Å². The molecule has 0 atom stereocenters. The van der Waals surface area contributed by atoms with Crippen molar-refractivity contribution in [2.24, 2.45) is 0 Å². The summed E-state index contributed by atoms with van der Waals surface area (Å²) in [5.74, 6) is 0. The average molecular weight is 210 g/mol. The number of aryl methyl sites for hydroxylation is 1. The highest BCUT2D eigenvalue weighted by Crippen LogP contribution is 2.02. The zero-order valence-corrected chi connectivity index (χ0v) is 9.83. The van der Waals surface area contributed by atoms with E-state index in [1.54, 1.807) is 7.11 Å². The standard InChI is InChI=1S/C12H22N2O/c1-3-6-13-10-12-5-8-14(11-12)7-4-9-15-2/h5,8,11,13H,3-4,6-7,9-10H2,1-2H3. The molecule has 0 fully saturated rings. The predicted molar refractivity (Wildman–Crippen MR) is 62.9 cm³/mol. The predicted octanol–water partition coefficient (Wildman–Crippen LogP) is 2.02. The third kappa shape index (κ3) is 5.00. The van der Waals surface area contributed by atoms with Crippen LogP contribution in [0.15, 0.2) is 18.5 Å². The van der Waals surface area contributed by atoms with Crippen molar-refractivity contribution in [3.63, 3.8) is 0 Å². The van der Waals surface area contributed by atoms with Gasteiger partial charge in [-0.05, 0) is 31.0 Å². The zero-order chi connectivity index (χ0) is 10.9. The molecule has 0 unspecified atom stereocenters. The second kappa shape index (κ2) is 7.49. The molecule has 1 heterocycles. The van der Waals surface area contributed by atoms with Gasteiger partial charge in [-0.2, -0.15) is 0 Å². The van der Waals surface area contributed by atoms with Crippen molar-refractivity contribution in [2.45, 2.75) is 32.9 Å². The molecule has 1 N–H and O–H groups in total. The summed E-state index contributed by atoms with van der Waals surface area (Å²) in [5, 5.41) is 3.39. The van der Waals surface area contributed by atoms with Gasteiger partial charge in [-0.25, -0.2) is 0 Å². The summed E-state index contributed by atoms with van der Waals surface area (Å²) in [6.45, 7) is 6.13. The molecule has 0 radical (unpaired) electrons. The second-order valence-corrected chi connectivity index (χ2v) is 3.78. The van der Waals surface area contributed by atoms with Crippen molar-refractivity contribution in [3.05, 3.63) is 24.0 Å². The quantitative estimate of drug-likeness (QED) is 0.664. The number of ether oxygens (including phenoxy) is 1. The molecule has 86 valence electrons. The fraction of sp³-hybridized carbons (Fsp3) is 0.667. The molecule has 0 aliphatic heterocycles. The molecule has 0 spiro atoms. The summed E-state index contributed by atoms with van der Waals surface area (Å²) in [6, 6.07) is 2.18. The highest BCUT2D eigenvalue weighted by atomic mass is 16.5. The molecule has 0 aliphatic rings. The van der Waals surface area contributed by atoms with Gasteiger partial charge in [0, 0.05) is 39.2 Å². The van der Waals surface area contributed by atoms with Gasteiger partial charge >= 0.3 is 0 Å². The van der Waals surface area contributed by atoms with E-state index in [2.05, 4.69) is 35.3 Å². The van der Waals surface area contributed by atoms with Crippen LogP contribution in [0.25, 0.3) is 0 Å². The Balaban J connectivity index is 2.23. The van der Waals surface area contributed by atoms with Gasteiger partial charge in [0.1, 0.15) is 0 Å². The monoisotopic (exact) mass is 210 g/mol. The van der Waals surface area contributed by atoms with Gasteiger partial charge in [-0.3, -0.25) is 0 Å². The lowest BCUT2D eigenvalue weighted by Crippen LogP contribution is -2.13. The van der Waals surface area contributed by atoms with Gasteiger partial charge in [0.15, 0.2) is 0 Å². The molecule has 1 aromatic heterocycles. The number of rotatable bonds is 8. The number of hydrogen-bond acceptors (Lipinski definition) is 2. The maximum atomic E-state index is 5.02. The van der Waals surface area contributed by atoms with E-state index >= 15 is 0 Å². The van der Waals surface area contributed by atoms with Crippen molar-refractivity contribution < 1.29 is 4.74 Å². The molecular weight excluding hydrogens is 188 g/mol. The van der Waals surface area contributed by atoms with Crippen molar-refractivity contribution in [1.82, 2.24) is 9.88 Å². The smallest absolute Gasteiger partial charge is 0.0479 e. The van der Waals surface area contributed by atoms with Crippen LogP contribution in [0.5, 0.6) is 0 Å². The van der Waals surface area contributed by atoms with Gasteiger partial charge in [-0.1, -0.05) is 6.92 Å². The molecule has 0 saturated carbocycles. The number of nitrogens with zero attached hydrogens (tertiary/aromatic N) is 1. The van der Waals surface area contributed by atoms with E-state index in [1.807, 2.05) is 0 Å². The molecule has 15 heavy (non-hydrogen) atoms. The Bertz CT molecular complexity index is 233. The minimum atomic E-state index is 0.835. The fourth-order valence-corrected chi connectivity index (χ4v) is 1.54. The zero-order valence-electron chi connectivity index (χ0n) is 9.83. The third-order valence-corrected chi connectivity index (χ3v) is 2.33. The Morgan fingerprint density at radius 2 is 2.33 bits per heavy atom. The van der Waals surface area contributed by atoms with Gasteiger partial charge < -0.3 is 14.6 Å². The number of methoxy groups -OCH3 is 1. The van der Waals surface area contributed by atoms with Crippen LogP contribution in [-0.4, -0.2) is 24.8 Å². The van der Waals surface area contributed by atoms with E-state index in [-0.39, 0.29) is 0 Å². The van der Waals surface area contributed by atoms with E-state index in [0.717, 1.165) is 32.7 Å². The highest BCUT2D eigenvalue weighted by Gasteiger charge is 1.96. The third-order valence-electron chi connectivity index (χ3n) is 2.33. The van der Waals surface area contributed by atoms with Crippen LogP contribution in [0.1, 0.15) is 25.3 Å². The van der Waals surface area contributed by atoms with Crippen LogP contribution < -0.4 is 5.32 Å². The lowest BCUT2D eigenvalue weighted by Gasteiger charge is -2.02. The number of hydrogen-bond donors (Lipinski definition) is 1. The summed E-state index contributed by atoms with van der Waals surface area (Å²) in [5.41, 5.74) is 1.36. The lowest BCUT2D eigenvalue weighted by atomic mass is 10.3. The van der Waals surface area contributed by atoms with Crippen LogP contribution in [0.4, 0.5) is 0 Å². The van der Waals surface area contributed by atoms with Crippen molar-refractivity contribution >= 4 is 0 Å². The first-order chi connectivity index (χ1) is 7.36. The largest absolute Gasteiger partial charge is 0.385 e. The first kappa shape index (κ1) is 12.3. The molecule has 1 aromatic rings. The summed E-state index contributed by atoms with van der Waals surface area (Å²) in [6.07, 6.45) is 6.61. The van der Waals surface area contributed by atoms with E-state index in [9.17, 15) is 0 Å². The number of aromatic nitrogens is 1. The minimum Gasteiger partial charge on any atom is -0.385 e. The Morgan fingerprint density at radius 1 is 1.47 bits per heavy atom. The summed E-state index contributed by atoms with van der Waals surface area (Å²) in [4.78, 5) is 0. The fourth-order valence-electron chi connectivity index (χ4n) is 1.54. The van der Waals surface area contributed by atoms with E-state index in [1.165, 1.54) is 12.0 Å². The van der Waals surface area contributed by atoms with Crippen LogP contribution in [0.2, 0.25) is 0 Å². The van der Waals surface area contributed by atoms with Crippen LogP contribution in [0, 0.1) is 0 Å². The molecular formula is C12H22N2O. The number of nitrogens with one attached hydrogen (secondary N) is 1. The second-order valence-electron chi connectivity index (χ2n) is 3.78. The normalized spacial score (nSPS) is 10.8. The Labute approximate surface area is 92.4 Å². The minimum absolute atomic E-state index is 0.835. The Morgan fingerprint density at radius 3 is 3.07 bits per heavy atom. The van der Waals surface area contributed by atoms with Crippen LogP contribution >= 0.6 is 0 Å². The molecule has 1 rings (SSSR count). The lowest BCUT2D eigenvalue weighted by molar-refractivity contribution is 0.190. The van der Waals surface area contributed by atoms with Crippen molar-refractivity contribution in [2.75, 3.05) is 20.3 Å². The Kier molecular flexibility index (Phi) is 6.12. The molecule has 0 bridgehead atoms. The van der Waals surface area contributed by atoms with Gasteiger partial charge in [0.2, 0.25) is 0 Å². The van der Waals surface area contributed by atoms with Crippen molar-refractivity contribution in [1.29, 1.82) is 0 Å². The van der Waals surface area contributed by atoms with Gasteiger partial charge in [-0.15, -0.1) is 0 Å².